The summed E-state index contributed by atoms with van der Waals surface area (Å²) in [6.07, 6.45) is 5.15. The third-order valence-electron chi connectivity index (χ3n) is 5.79. The molecule has 1 aromatic carbocycles. The molecule has 2 nitrogen and oxygen atoms in total. The van der Waals surface area contributed by atoms with E-state index in [1.165, 1.54) is 60.1 Å². The Labute approximate surface area is 147 Å². The first-order valence-electron chi connectivity index (χ1n) is 9.19. The molecule has 0 saturated carbocycles. The Balaban J connectivity index is 1.64. The van der Waals surface area contributed by atoms with Gasteiger partial charge in [0.2, 0.25) is 0 Å². The van der Waals surface area contributed by atoms with Gasteiger partial charge in [-0.05, 0) is 61.7 Å². The molecule has 1 atom stereocenters. The molecule has 1 aliphatic heterocycles. The molecule has 24 heavy (non-hydrogen) atoms. The van der Waals surface area contributed by atoms with Crippen LogP contribution in [0.2, 0.25) is 0 Å². The fourth-order valence-corrected chi connectivity index (χ4v) is 5.52. The van der Waals surface area contributed by atoms with E-state index in [4.69, 9.17) is 0 Å². The van der Waals surface area contributed by atoms with Crippen molar-refractivity contribution in [2.45, 2.75) is 51.7 Å². The van der Waals surface area contributed by atoms with Gasteiger partial charge in [0.1, 0.15) is 0 Å². The lowest BCUT2D eigenvalue weighted by molar-refractivity contribution is 0.175. The summed E-state index contributed by atoms with van der Waals surface area (Å²) in [6.45, 7) is 5.73. The summed E-state index contributed by atoms with van der Waals surface area (Å²) in [5, 5.41) is 3.73. The second-order valence-corrected chi connectivity index (χ2v) is 8.38. The van der Waals surface area contributed by atoms with Crippen LogP contribution in [0, 0.1) is 6.92 Å². The van der Waals surface area contributed by atoms with E-state index in [0.29, 0.717) is 6.04 Å². The quantitative estimate of drug-likeness (QED) is 0.617. The van der Waals surface area contributed by atoms with Gasteiger partial charge in [0.25, 0.3) is 0 Å². The summed E-state index contributed by atoms with van der Waals surface area (Å²) in [4.78, 5) is 4.25. The molecule has 0 N–H and O–H groups in total. The van der Waals surface area contributed by atoms with Crippen LogP contribution in [-0.4, -0.2) is 16.0 Å². The summed E-state index contributed by atoms with van der Waals surface area (Å²) in [5.74, 6) is 0. The monoisotopic (exact) mass is 336 g/mol. The van der Waals surface area contributed by atoms with Crippen LogP contribution in [0.1, 0.15) is 47.0 Å². The summed E-state index contributed by atoms with van der Waals surface area (Å²) in [5.41, 5.74) is 6.13. The van der Waals surface area contributed by atoms with Gasteiger partial charge in [-0.2, -0.15) is 0 Å². The van der Waals surface area contributed by atoms with Crippen LogP contribution in [0.4, 0.5) is 0 Å². The van der Waals surface area contributed by atoms with Crippen molar-refractivity contribution in [3.8, 4) is 0 Å². The Morgan fingerprint density at radius 1 is 1.17 bits per heavy atom. The molecular weight excluding hydrogens is 312 g/mol. The van der Waals surface area contributed by atoms with Gasteiger partial charge in [0.05, 0.1) is 6.04 Å². The smallest absolute Gasteiger partial charge is 0.0507 e. The molecule has 0 fully saturated rings. The molecule has 2 aromatic heterocycles. The Hall–Kier alpha value is -1.58. The van der Waals surface area contributed by atoms with E-state index in [2.05, 4.69) is 52.1 Å². The molecule has 5 rings (SSSR count). The maximum atomic E-state index is 2.75. The highest BCUT2D eigenvalue weighted by Gasteiger charge is 2.33. The van der Waals surface area contributed by atoms with E-state index < -0.39 is 0 Å². The Morgan fingerprint density at radius 3 is 3.00 bits per heavy atom. The molecule has 0 radical (unpaired) electrons. The van der Waals surface area contributed by atoms with Crippen molar-refractivity contribution in [1.29, 1.82) is 0 Å². The predicted octanol–water partition coefficient (Wildman–Crippen LogP) is 5.29. The zero-order valence-electron chi connectivity index (χ0n) is 14.3. The van der Waals surface area contributed by atoms with Gasteiger partial charge in [-0.25, -0.2) is 0 Å². The Bertz CT molecular complexity index is 871. The number of nitrogens with zero attached hydrogens (tertiary/aromatic N) is 2. The molecule has 3 heterocycles. The largest absolute Gasteiger partial charge is 0.343 e. The van der Waals surface area contributed by atoms with Gasteiger partial charge < -0.3 is 4.57 Å². The van der Waals surface area contributed by atoms with Crippen molar-refractivity contribution in [3.05, 3.63) is 57.4 Å². The van der Waals surface area contributed by atoms with Crippen LogP contribution in [0.5, 0.6) is 0 Å². The zero-order valence-corrected chi connectivity index (χ0v) is 15.1. The average Bonchev–Trinajstić information content (AvgIpc) is 3.15. The molecule has 3 heteroatoms. The maximum Gasteiger partial charge on any atom is 0.0507 e. The van der Waals surface area contributed by atoms with E-state index in [0.717, 1.165) is 6.54 Å². The van der Waals surface area contributed by atoms with Crippen LogP contribution in [0.15, 0.2) is 35.7 Å². The van der Waals surface area contributed by atoms with Gasteiger partial charge in [-0.15, -0.1) is 11.3 Å². The van der Waals surface area contributed by atoms with Crippen molar-refractivity contribution in [3.63, 3.8) is 0 Å². The van der Waals surface area contributed by atoms with E-state index >= 15 is 0 Å². The minimum atomic E-state index is 0.603. The van der Waals surface area contributed by atoms with Crippen LogP contribution in [0.25, 0.3) is 10.9 Å². The molecule has 1 unspecified atom stereocenters. The van der Waals surface area contributed by atoms with Crippen molar-refractivity contribution in [2.24, 2.45) is 0 Å². The normalized spacial score (nSPS) is 21.0. The van der Waals surface area contributed by atoms with Crippen LogP contribution >= 0.6 is 11.3 Å². The lowest BCUT2D eigenvalue weighted by atomic mass is 9.90. The molecule has 2 aliphatic rings. The summed E-state index contributed by atoms with van der Waals surface area (Å²) in [7, 11) is 0. The SMILES string of the molecule is Cc1ccc2c(c1)c1c3n2CCCN(Cc2cccs2)C3CCC1. The van der Waals surface area contributed by atoms with E-state index in [9.17, 15) is 0 Å². The number of benzene rings is 1. The first kappa shape index (κ1) is 14.7. The molecule has 0 saturated heterocycles. The van der Waals surface area contributed by atoms with Crippen molar-refractivity contribution < 1.29 is 0 Å². The Kier molecular flexibility index (Phi) is 3.53. The highest BCUT2D eigenvalue weighted by atomic mass is 32.1. The molecule has 3 aromatic rings. The van der Waals surface area contributed by atoms with E-state index in [1.807, 2.05) is 11.3 Å². The number of aryl methyl sites for hydroxylation is 3. The summed E-state index contributed by atoms with van der Waals surface area (Å²) in [6, 6.07) is 12.1. The summed E-state index contributed by atoms with van der Waals surface area (Å²) < 4.78 is 2.66. The molecule has 1 aliphatic carbocycles. The van der Waals surface area contributed by atoms with Crippen LogP contribution in [-0.2, 0) is 19.5 Å². The van der Waals surface area contributed by atoms with Gasteiger partial charge >= 0.3 is 0 Å². The highest BCUT2D eigenvalue weighted by Crippen LogP contribution is 2.42. The van der Waals surface area contributed by atoms with Crippen molar-refractivity contribution in [1.82, 2.24) is 9.47 Å². The predicted molar refractivity (Wildman–Crippen MR) is 102 cm³/mol. The van der Waals surface area contributed by atoms with Crippen molar-refractivity contribution >= 4 is 22.2 Å². The van der Waals surface area contributed by atoms with Gasteiger partial charge in [0.15, 0.2) is 0 Å². The number of fused-ring (bicyclic) bond motifs is 3. The second kappa shape index (κ2) is 5.75. The molecule has 0 spiro atoms. The average molecular weight is 337 g/mol. The minimum absolute atomic E-state index is 0.603. The van der Waals surface area contributed by atoms with Crippen LogP contribution < -0.4 is 0 Å². The maximum absolute atomic E-state index is 2.75. The number of aromatic nitrogens is 1. The number of rotatable bonds is 2. The van der Waals surface area contributed by atoms with E-state index in [1.54, 1.807) is 11.3 Å². The molecule has 124 valence electrons. The van der Waals surface area contributed by atoms with Gasteiger partial charge in [0, 0.05) is 41.1 Å². The second-order valence-electron chi connectivity index (χ2n) is 7.35. The highest BCUT2D eigenvalue weighted by molar-refractivity contribution is 7.09. The fraction of sp³-hybridized carbons (Fsp3) is 0.429. The topological polar surface area (TPSA) is 8.17 Å². The lowest BCUT2D eigenvalue weighted by Gasteiger charge is -2.33. The number of thiophene rings is 1. The standard InChI is InChI=1S/C21H24N2S/c1-15-8-9-19-18(13-15)17-6-2-7-20-21(17)23(19)11-4-10-22(20)14-16-5-3-12-24-16/h3,5,8-9,12-13,20H,2,4,6-7,10-11,14H2,1H3. The third-order valence-corrected chi connectivity index (χ3v) is 6.66. The number of hydrogen-bond acceptors (Lipinski definition) is 2. The summed E-state index contributed by atoms with van der Waals surface area (Å²) >= 11 is 1.90. The minimum Gasteiger partial charge on any atom is -0.343 e. The molecular formula is C21H24N2S. The van der Waals surface area contributed by atoms with Gasteiger partial charge in [-0.3, -0.25) is 4.90 Å². The van der Waals surface area contributed by atoms with Gasteiger partial charge in [-0.1, -0.05) is 17.7 Å². The fourth-order valence-electron chi connectivity index (χ4n) is 4.79. The molecule has 0 amide bonds. The first-order valence-corrected chi connectivity index (χ1v) is 10.1. The molecule has 0 bridgehead atoms. The zero-order chi connectivity index (χ0) is 16.1. The lowest BCUT2D eigenvalue weighted by Crippen LogP contribution is -2.30. The third kappa shape index (κ3) is 2.26. The number of hydrogen-bond donors (Lipinski definition) is 0. The van der Waals surface area contributed by atoms with Crippen LogP contribution in [0.3, 0.4) is 0 Å². The first-order chi connectivity index (χ1) is 11.8. The van der Waals surface area contributed by atoms with Crippen molar-refractivity contribution in [2.75, 3.05) is 6.54 Å². The Morgan fingerprint density at radius 2 is 2.12 bits per heavy atom. The van der Waals surface area contributed by atoms with E-state index in [-0.39, 0.29) is 0 Å².